The van der Waals surface area contributed by atoms with Crippen LogP contribution in [0.1, 0.15) is 51.4 Å². The van der Waals surface area contributed by atoms with E-state index in [1.165, 1.54) is 12.8 Å². The van der Waals surface area contributed by atoms with E-state index in [9.17, 15) is 5.11 Å². The largest absolute Gasteiger partial charge is 0.385 e. The van der Waals surface area contributed by atoms with Crippen molar-refractivity contribution in [3.8, 4) is 0 Å². The van der Waals surface area contributed by atoms with E-state index in [4.69, 9.17) is 0 Å². The number of aromatic nitrogens is 5. The maximum Gasteiger partial charge on any atom is 0.224 e. The van der Waals surface area contributed by atoms with Crippen LogP contribution in [-0.2, 0) is 6.54 Å². The lowest BCUT2D eigenvalue weighted by molar-refractivity contribution is 0.189. The van der Waals surface area contributed by atoms with Gasteiger partial charge < -0.3 is 15.3 Å². The molecular formula is C16H25N7O. The molecule has 3 rings (SSSR count). The van der Waals surface area contributed by atoms with E-state index in [2.05, 4.69) is 49.2 Å². The zero-order valence-electron chi connectivity index (χ0n) is 14.5. The quantitative estimate of drug-likeness (QED) is 0.768. The van der Waals surface area contributed by atoms with Crippen molar-refractivity contribution in [3.63, 3.8) is 0 Å². The smallest absolute Gasteiger partial charge is 0.224 e. The van der Waals surface area contributed by atoms with Crippen LogP contribution in [0, 0.1) is 5.41 Å². The Balaban J connectivity index is 1.64. The number of aliphatic hydroxyl groups excluding tert-OH is 1. The van der Waals surface area contributed by atoms with Gasteiger partial charge in [-0.2, -0.15) is 10.1 Å². The van der Waals surface area contributed by atoms with Gasteiger partial charge in [0, 0.05) is 19.3 Å². The minimum absolute atomic E-state index is 0.314. The van der Waals surface area contributed by atoms with Gasteiger partial charge in [0.25, 0.3) is 0 Å². The molecule has 1 saturated heterocycles. The highest BCUT2D eigenvalue weighted by atomic mass is 16.3. The average molecular weight is 331 g/mol. The highest BCUT2D eigenvalue weighted by Crippen LogP contribution is 2.30. The maximum absolute atomic E-state index is 9.45. The fraction of sp³-hybridized carbons (Fsp3) is 0.625. The summed E-state index contributed by atoms with van der Waals surface area (Å²) in [6.45, 7) is 8.68. The van der Waals surface area contributed by atoms with Crippen LogP contribution in [0.25, 0.3) is 0 Å². The van der Waals surface area contributed by atoms with Gasteiger partial charge in [-0.1, -0.05) is 13.8 Å². The van der Waals surface area contributed by atoms with Crippen LogP contribution in [0.4, 0.5) is 11.8 Å². The van der Waals surface area contributed by atoms with E-state index < -0.39 is 6.10 Å². The molecule has 0 aliphatic carbocycles. The summed E-state index contributed by atoms with van der Waals surface area (Å²) in [6.07, 6.45) is 3.52. The zero-order chi connectivity index (χ0) is 17.2. The Labute approximate surface area is 141 Å². The summed E-state index contributed by atoms with van der Waals surface area (Å²) in [5.74, 6) is 2.53. The van der Waals surface area contributed by atoms with Gasteiger partial charge in [0.2, 0.25) is 5.95 Å². The van der Waals surface area contributed by atoms with E-state index >= 15 is 0 Å². The lowest BCUT2D eigenvalue weighted by atomic mass is 9.84. The summed E-state index contributed by atoms with van der Waals surface area (Å²) in [5.41, 5.74) is 0.314. The molecule has 0 aromatic carbocycles. The lowest BCUT2D eigenvalue weighted by Crippen LogP contribution is -2.40. The molecule has 0 radical (unpaired) electrons. The first-order valence-electron chi connectivity index (χ1n) is 8.34. The van der Waals surface area contributed by atoms with Gasteiger partial charge in [0.05, 0.1) is 6.54 Å². The molecule has 0 spiro atoms. The third-order valence-corrected chi connectivity index (χ3v) is 4.20. The number of rotatable bonds is 5. The van der Waals surface area contributed by atoms with Gasteiger partial charge in [-0.15, -0.1) is 0 Å². The predicted molar refractivity (Wildman–Crippen MR) is 91.6 cm³/mol. The predicted octanol–water partition coefficient (Wildman–Crippen LogP) is 1.89. The van der Waals surface area contributed by atoms with Crippen LogP contribution >= 0.6 is 0 Å². The highest BCUT2D eigenvalue weighted by Gasteiger charge is 2.27. The minimum atomic E-state index is -0.683. The Morgan fingerprint density at radius 2 is 2.25 bits per heavy atom. The number of H-pyrrole nitrogens is 1. The summed E-state index contributed by atoms with van der Waals surface area (Å²) in [4.78, 5) is 15.4. The second-order valence-electron chi connectivity index (χ2n) is 7.10. The topological polar surface area (TPSA) is 103 Å². The molecule has 8 nitrogen and oxygen atoms in total. The van der Waals surface area contributed by atoms with Crippen LogP contribution in [0.5, 0.6) is 0 Å². The fourth-order valence-electron chi connectivity index (χ4n) is 2.97. The molecule has 0 amide bonds. The Morgan fingerprint density at radius 3 is 2.96 bits per heavy atom. The minimum Gasteiger partial charge on any atom is -0.385 e. The van der Waals surface area contributed by atoms with Crippen molar-refractivity contribution in [2.75, 3.05) is 23.3 Å². The molecule has 2 aromatic rings. The fourth-order valence-corrected chi connectivity index (χ4v) is 2.97. The lowest BCUT2D eigenvalue weighted by Gasteiger charge is -2.38. The molecule has 8 heteroatoms. The van der Waals surface area contributed by atoms with Gasteiger partial charge in [0.15, 0.2) is 5.82 Å². The van der Waals surface area contributed by atoms with Crippen molar-refractivity contribution in [3.05, 3.63) is 23.9 Å². The van der Waals surface area contributed by atoms with Crippen LogP contribution < -0.4 is 10.2 Å². The van der Waals surface area contributed by atoms with Crippen molar-refractivity contribution in [1.29, 1.82) is 0 Å². The number of aromatic amines is 1. The molecule has 1 aliphatic rings. The summed E-state index contributed by atoms with van der Waals surface area (Å²) in [5, 5.41) is 19.4. The number of hydrogen-bond donors (Lipinski definition) is 3. The van der Waals surface area contributed by atoms with Crippen molar-refractivity contribution in [2.24, 2.45) is 5.41 Å². The van der Waals surface area contributed by atoms with Crippen molar-refractivity contribution < 1.29 is 5.11 Å². The number of hydrogen-bond acceptors (Lipinski definition) is 7. The molecule has 3 heterocycles. The highest BCUT2D eigenvalue weighted by molar-refractivity contribution is 5.43. The monoisotopic (exact) mass is 331 g/mol. The first-order valence-corrected chi connectivity index (χ1v) is 8.34. The van der Waals surface area contributed by atoms with Crippen molar-refractivity contribution >= 4 is 11.8 Å². The van der Waals surface area contributed by atoms with Crippen molar-refractivity contribution in [2.45, 2.75) is 46.3 Å². The van der Waals surface area contributed by atoms with Crippen molar-refractivity contribution in [1.82, 2.24) is 25.1 Å². The number of nitrogens with zero attached hydrogens (tertiary/aromatic N) is 5. The second-order valence-corrected chi connectivity index (χ2v) is 7.10. The number of aliphatic hydroxyl groups is 1. The molecule has 2 aromatic heterocycles. The molecular weight excluding hydrogens is 306 g/mol. The zero-order valence-corrected chi connectivity index (χ0v) is 14.5. The molecule has 1 aliphatic heterocycles. The SMILES string of the molecule is C[C@@H](O)c1n[nH]c(CNc2nccc(N3CCCC(C)(C)C3)n2)n1. The number of nitrogens with one attached hydrogen (secondary N) is 2. The van der Waals surface area contributed by atoms with Gasteiger partial charge in [-0.05, 0) is 31.2 Å². The van der Waals surface area contributed by atoms with Gasteiger partial charge in [-0.25, -0.2) is 9.97 Å². The Bertz CT molecular complexity index is 683. The van der Waals surface area contributed by atoms with E-state index in [0.29, 0.717) is 29.6 Å². The van der Waals surface area contributed by atoms with Gasteiger partial charge in [0.1, 0.15) is 17.7 Å². The van der Waals surface area contributed by atoms with E-state index in [1.807, 2.05) is 6.07 Å². The third-order valence-electron chi connectivity index (χ3n) is 4.20. The molecule has 24 heavy (non-hydrogen) atoms. The third kappa shape index (κ3) is 4.00. The van der Waals surface area contributed by atoms with E-state index in [1.54, 1.807) is 13.1 Å². The van der Waals surface area contributed by atoms with Crippen LogP contribution in [0.15, 0.2) is 12.3 Å². The first kappa shape index (κ1) is 16.6. The molecule has 0 unspecified atom stereocenters. The second kappa shape index (κ2) is 6.72. The summed E-state index contributed by atoms with van der Waals surface area (Å²) in [6, 6.07) is 1.95. The van der Waals surface area contributed by atoms with Gasteiger partial charge >= 0.3 is 0 Å². The van der Waals surface area contributed by atoms with Crippen LogP contribution in [-0.4, -0.2) is 43.3 Å². The van der Waals surface area contributed by atoms with E-state index in [0.717, 1.165) is 18.9 Å². The number of anilines is 2. The van der Waals surface area contributed by atoms with Crippen LogP contribution in [0.3, 0.4) is 0 Å². The average Bonchev–Trinajstić information content (AvgIpc) is 3.01. The molecule has 0 bridgehead atoms. The Morgan fingerprint density at radius 1 is 1.42 bits per heavy atom. The maximum atomic E-state index is 9.45. The first-order chi connectivity index (χ1) is 11.4. The number of piperidine rings is 1. The molecule has 3 N–H and O–H groups in total. The van der Waals surface area contributed by atoms with Gasteiger partial charge in [-0.3, -0.25) is 5.10 Å². The molecule has 0 saturated carbocycles. The summed E-state index contributed by atoms with van der Waals surface area (Å²) in [7, 11) is 0. The molecule has 130 valence electrons. The summed E-state index contributed by atoms with van der Waals surface area (Å²) < 4.78 is 0. The Kier molecular flexibility index (Phi) is 4.66. The normalized spacial score (nSPS) is 18.4. The molecule has 1 atom stereocenters. The standard InChI is InChI=1S/C16H25N7O/c1-11(24)14-19-12(21-22-14)9-18-15-17-7-5-13(20-15)23-8-4-6-16(2,3)10-23/h5,7,11,24H,4,6,8-10H2,1-3H3,(H,17,18,20)(H,19,21,22)/t11-/m1/s1. The summed E-state index contributed by atoms with van der Waals surface area (Å²) >= 11 is 0. The molecule has 1 fully saturated rings. The Hall–Kier alpha value is -2.22. The van der Waals surface area contributed by atoms with Crippen LogP contribution in [0.2, 0.25) is 0 Å². The van der Waals surface area contributed by atoms with E-state index in [-0.39, 0.29) is 0 Å².